The molecule has 0 heteroatoms. The van der Waals surface area contributed by atoms with Crippen LogP contribution in [-0.4, -0.2) is 0 Å². The van der Waals surface area contributed by atoms with Crippen molar-refractivity contribution in [2.45, 2.75) is 68.2 Å². The standard InChI is InChI=1S/C18H34/c1-9-16(10-2)11-13(5)18(8)15(7)17(18)14(6)12(3)4/h9,12-15,17H,10-11H2,1-8H3. The third-order valence-corrected chi connectivity index (χ3v) is 6.24. The Morgan fingerprint density at radius 2 is 1.78 bits per heavy atom. The molecule has 0 radical (unpaired) electrons. The van der Waals surface area contributed by atoms with Crippen molar-refractivity contribution in [3.05, 3.63) is 11.6 Å². The lowest BCUT2D eigenvalue weighted by Crippen LogP contribution is -2.18. The first-order chi connectivity index (χ1) is 8.30. The van der Waals surface area contributed by atoms with Crippen LogP contribution in [0, 0.1) is 35.0 Å². The first kappa shape index (κ1) is 15.8. The minimum atomic E-state index is 0.577. The number of allylic oxidation sites excluding steroid dienone is 2. The maximum atomic E-state index is 2.54. The van der Waals surface area contributed by atoms with E-state index in [9.17, 15) is 0 Å². The molecule has 0 heterocycles. The van der Waals surface area contributed by atoms with Crippen LogP contribution in [0.15, 0.2) is 11.6 Å². The Kier molecular flexibility index (Phi) is 5.09. The van der Waals surface area contributed by atoms with E-state index in [4.69, 9.17) is 0 Å². The Bertz CT molecular complexity index is 299. The van der Waals surface area contributed by atoms with E-state index in [2.05, 4.69) is 61.5 Å². The summed E-state index contributed by atoms with van der Waals surface area (Å²) < 4.78 is 0. The van der Waals surface area contributed by atoms with Gasteiger partial charge < -0.3 is 0 Å². The summed E-state index contributed by atoms with van der Waals surface area (Å²) in [5.41, 5.74) is 2.21. The maximum absolute atomic E-state index is 2.54. The molecule has 0 bridgehead atoms. The largest absolute Gasteiger partial charge is 0.0885 e. The average Bonchev–Trinajstić information content (AvgIpc) is 2.88. The number of rotatable bonds is 6. The second-order valence-corrected chi connectivity index (χ2v) is 7.19. The van der Waals surface area contributed by atoms with Gasteiger partial charge in [0.25, 0.3) is 0 Å². The highest BCUT2D eigenvalue weighted by atomic mass is 14.7. The van der Waals surface area contributed by atoms with E-state index in [1.165, 1.54) is 12.8 Å². The van der Waals surface area contributed by atoms with Crippen LogP contribution in [0.5, 0.6) is 0 Å². The normalized spacial score (nSPS) is 35.7. The fourth-order valence-electron chi connectivity index (χ4n) is 4.09. The highest BCUT2D eigenvalue weighted by molar-refractivity contribution is 5.13. The molecule has 1 fully saturated rings. The van der Waals surface area contributed by atoms with Gasteiger partial charge >= 0.3 is 0 Å². The lowest BCUT2D eigenvalue weighted by molar-refractivity contribution is 0.255. The smallest absolute Gasteiger partial charge is 0.0235 e. The third kappa shape index (κ3) is 2.68. The Labute approximate surface area is 115 Å². The van der Waals surface area contributed by atoms with Gasteiger partial charge in [-0.15, -0.1) is 0 Å². The molecule has 5 unspecified atom stereocenters. The fraction of sp³-hybridized carbons (Fsp3) is 0.889. The fourth-order valence-corrected chi connectivity index (χ4v) is 4.09. The van der Waals surface area contributed by atoms with Crippen LogP contribution in [0.4, 0.5) is 0 Å². The van der Waals surface area contributed by atoms with Crippen LogP contribution < -0.4 is 0 Å². The molecule has 0 nitrogen and oxygen atoms in total. The summed E-state index contributed by atoms with van der Waals surface area (Å²) in [4.78, 5) is 0. The SMILES string of the molecule is CC=C(CC)CC(C)C1(C)C(C)C1C(C)C(C)C. The molecule has 0 amide bonds. The van der Waals surface area contributed by atoms with Gasteiger partial charge in [0.15, 0.2) is 0 Å². The van der Waals surface area contributed by atoms with Crippen molar-refractivity contribution in [2.75, 3.05) is 0 Å². The summed E-state index contributed by atoms with van der Waals surface area (Å²) in [5, 5.41) is 0. The van der Waals surface area contributed by atoms with E-state index in [1.54, 1.807) is 5.57 Å². The topological polar surface area (TPSA) is 0 Å². The van der Waals surface area contributed by atoms with Gasteiger partial charge in [-0.25, -0.2) is 0 Å². The zero-order valence-electron chi connectivity index (χ0n) is 13.9. The Hall–Kier alpha value is -0.260. The molecule has 1 aliphatic rings. The van der Waals surface area contributed by atoms with E-state index in [0.29, 0.717) is 5.41 Å². The number of hydrogen-bond acceptors (Lipinski definition) is 0. The Balaban J connectivity index is 2.71. The Morgan fingerprint density at radius 3 is 2.17 bits per heavy atom. The predicted molar refractivity (Wildman–Crippen MR) is 82.6 cm³/mol. The predicted octanol–water partition coefficient (Wildman–Crippen LogP) is 5.93. The van der Waals surface area contributed by atoms with Crippen molar-refractivity contribution in [3.8, 4) is 0 Å². The van der Waals surface area contributed by atoms with E-state index in [1.807, 2.05) is 0 Å². The molecule has 1 aliphatic carbocycles. The van der Waals surface area contributed by atoms with Crippen LogP contribution in [-0.2, 0) is 0 Å². The van der Waals surface area contributed by atoms with E-state index in [0.717, 1.165) is 29.6 Å². The minimum absolute atomic E-state index is 0.577. The highest BCUT2D eigenvalue weighted by Crippen LogP contribution is 2.67. The first-order valence-corrected chi connectivity index (χ1v) is 7.94. The minimum Gasteiger partial charge on any atom is -0.0885 e. The molecule has 1 rings (SSSR count). The maximum Gasteiger partial charge on any atom is -0.0235 e. The zero-order chi connectivity index (χ0) is 14.1. The highest BCUT2D eigenvalue weighted by Gasteiger charge is 2.62. The van der Waals surface area contributed by atoms with E-state index < -0.39 is 0 Å². The van der Waals surface area contributed by atoms with Crippen molar-refractivity contribution in [1.29, 1.82) is 0 Å². The van der Waals surface area contributed by atoms with Gasteiger partial charge in [0.2, 0.25) is 0 Å². The summed E-state index contributed by atoms with van der Waals surface area (Å²) >= 11 is 0. The van der Waals surface area contributed by atoms with Crippen molar-refractivity contribution < 1.29 is 0 Å². The lowest BCUT2D eigenvalue weighted by Gasteiger charge is -2.25. The molecule has 0 saturated heterocycles. The summed E-state index contributed by atoms with van der Waals surface area (Å²) in [6.07, 6.45) is 4.85. The summed E-state index contributed by atoms with van der Waals surface area (Å²) in [6, 6.07) is 0. The summed E-state index contributed by atoms with van der Waals surface area (Å²) in [5.74, 6) is 4.34. The third-order valence-electron chi connectivity index (χ3n) is 6.24. The van der Waals surface area contributed by atoms with Gasteiger partial charge in [-0.2, -0.15) is 0 Å². The molecule has 5 atom stereocenters. The monoisotopic (exact) mass is 250 g/mol. The molecule has 18 heavy (non-hydrogen) atoms. The van der Waals surface area contributed by atoms with Crippen molar-refractivity contribution in [3.63, 3.8) is 0 Å². The first-order valence-electron chi connectivity index (χ1n) is 7.94. The molecule has 0 aliphatic heterocycles. The molecule has 0 aromatic carbocycles. The van der Waals surface area contributed by atoms with Gasteiger partial charge in [0.05, 0.1) is 0 Å². The second-order valence-electron chi connectivity index (χ2n) is 7.19. The van der Waals surface area contributed by atoms with Crippen molar-refractivity contribution in [1.82, 2.24) is 0 Å². The van der Waals surface area contributed by atoms with Gasteiger partial charge in [-0.3, -0.25) is 0 Å². The average molecular weight is 250 g/mol. The van der Waals surface area contributed by atoms with Crippen LogP contribution in [0.2, 0.25) is 0 Å². The van der Waals surface area contributed by atoms with Gasteiger partial charge in [-0.1, -0.05) is 60.1 Å². The van der Waals surface area contributed by atoms with Crippen LogP contribution in [0.3, 0.4) is 0 Å². The summed E-state index contributed by atoms with van der Waals surface area (Å²) in [6.45, 7) is 19.2. The van der Waals surface area contributed by atoms with Gasteiger partial charge in [0.1, 0.15) is 0 Å². The van der Waals surface area contributed by atoms with Gasteiger partial charge in [0, 0.05) is 0 Å². The van der Waals surface area contributed by atoms with E-state index in [-0.39, 0.29) is 0 Å². The van der Waals surface area contributed by atoms with Gasteiger partial charge in [-0.05, 0) is 54.8 Å². The molecule has 0 spiro atoms. The molecular weight excluding hydrogens is 216 g/mol. The van der Waals surface area contributed by atoms with Crippen LogP contribution in [0.1, 0.15) is 68.2 Å². The van der Waals surface area contributed by atoms with Crippen molar-refractivity contribution >= 4 is 0 Å². The molecule has 0 N–H and O–H groups in total. The lowest BCUT2D eigenvalue weighted by atomic mass is 9.79. The van der Waals surface area contributed by atoms with Crippen LogP contribution >= 0.6 is 0 Å². The van der Waals surface area contributed by atoms with Crippen molar-refractivity contribution in [2.24, 2.45) is 35.0 Å². The molecule has 1 saturated carbocycles. The molecular formula is C18H34. The molecule has 106 valence electrons. The molecule has 0 aromatic heterocycles. The van der Waals surface area contributed by atoms with Crippen LogP contribution in [0.25, 0.3) is 0 Å². The molecule has 0 aromatic rings. The Morgan fingerprint density at radius 1 is 1.22 bits per heavy atom. The quantitative estimate of drug-likeness (QED) is 0.512. The second kappa shape index (κ2) is 5.80. The zero-order valence-corrected chi connectivity index (χ0v) is 13.9. The number of hydrogen-bond donors (Lipinski definition) is 0. The van der Waals surface area contributed by atoms with E-state index >= 15 is 0 Å². The summed E-state index contributed by atoms with van der Waals surface area (Å²) in [7, 11) is 0.